The average Bonchev–Trinajstić information content (AvgIpc) is 3.55. The van der Waals surface area contributed by atoms with E-state index in [-0.39, 0.29) is 17.6 Å². The fraction of sp³-hybridized carbons (Fsp3) is 0.250. The first-order valence-electron chi connectivity index (χ1n) is 10.5. The fourth-order valence-electron chi connectivity index (χ4n) is 4.06. The van der Waals surface area contributed by atoms with E-state index in [9.17, 15) is 9.59 Å². The third-order valence-corrected chi connectivity index (χ3v) is 6.02. The lowest BCUT2D eigenvalue weighted by Crippen LogP contribution is -2.29. The molecule has 1 saturated heterocycles. The monoisotopic (exact) mass is 448 g/mol. The largest absolute Gasteiger partial charge is 0.459 e. The molecule has 32 heavy (non-hydrogen) atoms. The van der Waals surface area contributed by atoms with Crippen LogP contribution >= 0.6 is 11.6 Å². The number of furan rings is 1. The zero-order chi connectivity index (χ0) is 22.1. The van der Waals surface area contributed by atoms with Gasteiger partial charge in [-0.25, -0.2) is 9.98 Å². The Hall–Kier alpha value is -3.45. The van der Waals surface area contributed by atoms with Crippen LogP contribution in [-0.2, 0) is 17.6 Å². The van der Waals surface area contributed by atoms with E-state index in [4.69, 9.17) is 16.0 Å². The maximum atomic E-state index is 12.5. The van der Waals surface area contributed by atoms with Crippen molar-refractivity contribution in [3.8, 4) is 0 Å². The third kappa shape index (κ3) is 4.16. The zero-order valence-electron chi connectivity index (χ0n) is 17.3. The second-order valence-electron chi connectivity index (χ2n) is 7.95. The molecule has 162 valence electrons. The lowest BCUT2D eigenvalue weighted by molar-refractivity contribution is -0.129. The summed E-state index contributed by atoms with van der Waals surface area (Å²) >= 11 is 6.45. The maximum absolute atomic E-state index is 12.5. The molecule has 1 aromatic carbocycles. The topological polar surface area (TPSA) is 87.8 Å². The van der Waals surface area contributed by atoms with Gasteiger partial charge in [-0.2, -0.15) is 0 Å². The van der Waals surface area contributed by atoms with Crippen LogP contribution in [0.4, 0.5) is 11.5 Å². The van der Waals surface area contributed by atoms with Crippen molar-refractivity contribution in [2.24, 2.45) is 4.99 Å². The van der Waals surface area contributed by atoms with E-state index in [1.165, 1.54) is 6.26 Å². The van der Waals surface area contributed by atoms with Gasteiger partial charge >= 0.3 is 0 Å². The summed E-state index contributed by atoms with van der Waals surface area (Å²) in [7, 11) is 0. The summed E-state index contributed by atoms with van der Waals surface area (Å²) in [5.41, 5.74) is 3.95. The number of aromatic nitrogens is 1. The summed E-state index contributed by atoms with van der Waals surface area (Å²) in [6.07, 6.45) is 6.24. The molecule has 0 bridgehead atoms. The highest BCUT2D eigenvalue weighted by Crippen LogP contribution is 2.31. The van der Waals surface area contributed by atoms with Crippen LogP contribution in [0.5, 0.6) is 0 Å². The SMILES string of the molecule is O=C(Nc1ccc(Cl)c(C2=Nc3ncc(CC(=O)N4CCCC4)cc3C2)c1)c1ccco1. The molecule has 7 nitrogen and oxygen atoms in total. The van der Waals surface area contributed by atoms with Crippen LogP contribution in [0.2, 0.25) is 5.02 Å². The molecule has 2 amide bonds. The molecule has 5 rings (SSSR count). The standard InChI is InChI=1S/C24H21ClN4O3/c25-19-6-5-17(27-24(31)21-4-3-9-32-21)13-18(19)20-12-16-10-15(14-26-23(16)28-20)11-22(30)29-7-1-2-8-29/h3-6,9-10,13-14H,1-2,7-8,11-12H2,(H,27,31). The summed E-state index contributed by atoms with van der Waals surface area (Å²) in [4.78, 5) is 35.8. The van der Waals surface area contributed by atoms with E-state index < -0.39 is 0 Å². The highest BCUT2D eigenvalue weighted by atomic mass is 35.5. The van der Waals surface area contributed by atoms with Crippen molar-refractivity contribution in [1.29, 1.82) is 0 Å². The highest BCUT2D eigenvalue weighted by molar-refractivity contribution is 6.34. The number of benzene rings is 1. The molecule has 2 aliphatic rings. The van der Waals surface area contributed by atoms with Crippen LogP contribution < -0.4 is 5.32 Å². The van der Waals surface area contributed by atoms with Gasteiger partial charge in [-0.15, -0.1) is 0 Å². The van der Waals surface area contributed by atoms with Crippen LogP contribution in [0.3, 0.4) is 0 Å². The maximum Gasteiger partial charge on any atom is 0.291 e. The molecular weight excluding hydrogens is 428 g/mol. The van der Waals surface area contributed by atoms with Gasteiger partial charge in [0.25, 0.3) is 5.91 Å². The molecule has 0 spiro atoms. The Morgan fingerprint density at radius 2 is 2.00 bits per heavy atom. The first kappa shape index (κ1) is 20.5. The summed E-state index contributed by atoms with van der Waals surface area (Å²) in [5.74, 6) is 0.672. The number of amides is 2. The van der Waals surface area contributed by atoms with Crippen LogP contribution in [-0.4, -0.2) is 40.5 Å². The number of aliphatic imine (C=N–C) groups is 1. The van der Waals surface area contributed by atoms with E-state index >= 15 is 0 Å². The van der Waals surface area contributed by atoms with Crippen molar-refractivity contribution in [3.05, 3.63) is 76.3 Å². The molecule has 1 fully saturated rings. The van der Waals surface area contributed by atoms with Crippen LogP contribution in [0.25, 0.3) is 0 Å². The Labute approximate surface area is 190 Å². The Bertz CT molecular complexity index is 1210. The van der Waals surface area contributed by atoms with Crippen LogP contribution in [0.1, 0.15) is 40.1 Å². The number of carbonyl (C=O) groups is 2. The number of hydrogen-bond donors (Lipinski definition) is 1. The van der Waals surface area contributed by atoms with Gasteiger partial charge in [-0.1, -0.05) is 11.6 Å². The van der Waals surface area contributed by atoms with Gasteiger partial charge in [0.2, 0.25) is 5.91 Å². The van der Waals surface area contributed by atoms with E-state index in [1.807, 2.05) is 11.0 Å². The number of nitrogens with zero attached hydrogens (tertiary/aromatic N) is 3. The Balaban J connectivity index is 1.32. The highest BCUT2D eigenvalue weighted by Gasteiger charge is 2.22. The van der Waals surface area contributed by atoms with Crippen LogP contribution in [0.15, 0.2) is 58.3 Å². The van der Waals surface area contributed by atoms with Gasteiger partial charge in [0.05, 0.1) is 18.4 Å². The van der Waals surface area contributed by atoms with Crippen molar-refractivity contribution in [1.82, 2.24) is 9.88 Å². The number of halogens is 1. The smallest absolute Gasteiger partial charge is 0.291 e. The number of pyridine rings is 1. The summed E-state index contributed by atoms with van der Waals surface area (Å²) in [6, 6.07) is 10.5. The molecule has 0 saturated carbocycles. The second-order valence-corrected chi connectivity index (χ2v) is 8.36. The Kier molecular flexibility index (Phi) is 5.49. The molecule has 2 aromatic heterocycles. The number of hydrogen-bond acceptors (Lipinski definition) is 5. The first-order valence-corrected chi connectivity index (χ1v) is 10.9. The molecule has 0 atom stereocenters. The number of anilines is 1. The van der Waals surface area contributed by atoms with Crippen molar-refractivity contribution >= 4 is 40.6 Å². The zero-order valence-corrected chi connectivity index (χ0v) is 18.1. The van der Waals surface area contributed by atoms with Gasteiger partial charge in [-0.05, 0) is 54.8 Å². The molecule has 0 unspecified atom stereocenters. The molecule has 8 heteroatoms. The normalized spacial score (nSPS) is 14.9. The van der Waals surface area contributed by atoms with E-state index in [0.29, 0.717) is 29.4 Å². The van der Waals surface area contributed by atoms with Gasteiger partial charge in [0.1, 0.15) is 0 Å². The number of nitrogens with one attached hydrogen (secondary N) is 1. The molecule has 2 aliphatic heterocycles. The van der Waals surface area contributed by atoms with Crippen LogP contribution in [0, 0.1) is 0 Å². The Morgan fingerprint density at radius 1 is 1.16 bits per heavy atom. The van der Waals surface area contributed by atoms with E-state index in [1.54, 1.807) is 36.5 Å². The second kappa shape index (κ2) is 8.59. The number of rotatable bonds is 5. The Morgan fingerprint density at radius 3 is 2.78 bits per heavy atom. The minimum Gasteiger partial charge on any atom is -0.459 e. The first-order chi connectivity index (χ1) is 15.6. The lowest BCUT2D eigenvalue weighted by Gasteiger charge is -2.15. The number of likely N-dealkylation sites (tertiary alicyclic amines) is 1. The van der Waals surface area contributed by atoms with Crippen molar-refractivity contribution in [2.45, 2.75) is 25.7 Å². The molecule has 4 heterocycles. The van der Waals surface area contributed by atoms with E-state index in [0.717, 1.165) is 48.3 Å². The van der Waals surface area contributed by atoms with Crippen molar-refractivity contribution < 1.29 is 14.0 Å². The summed E-state index contributed by atoms with van der Waals surface area (Å²) in [5, 5.41) is 3.35. The third-order valence-electron chi connectivity index (χ3n) is 5.69. The van der Waals surface area contributed by atoms with E-state index in [2.05, 4.69) is 15.3 Å². The average molecular weight is 449 g/mol. The minimum atomic E-state index is -0.339. The number of carbonyl (C=O) groups excluding carboxylic acids is 2. The molecule has 0 radical (unpaired) electrons. The van der Waals surface area contributed by atoms with Gasteiger partial charge in [-0.3, -0.25) is 9.59 Å². The fourth-order valence-corrected chi connectivity index (χ4v) is 4.29. The molecule has 3 aromatic rings. The predicted molar refractivity (Wildman–Crippen MR) is 122 cm³/mol. The van der Waals surface area contributed by atoms with Gasteiger partial charge in [0, 0.05) is 47.5 Å². The lowest BCUT2D eigenvalue weighted by atomic mass is 10.0. The minimum absolute atomic E-state index is 0.145. The summed E-state index contributed by atoms with van der Waals surface area (Å²) < 4.78 is 5.14. The molecule has 1 N–H and O–H groups in total. The van der Waals surface area contributed by atoms with Gasteiger partial charge in [0.15, 0.2) is 11.6 Å². The molecular formula is C24H21ClN4O3. The predicted octanol–water partition coefficient (Wildman–Crippen LogP) is 4.42. The summed E-state index contributed by atoms with van der Waals surface area (Å²) in [6.45, 7) is 1.69. The number of fused-ring (bicyclic) bond motifs is 1. The van der Waals surface area contributed by atoms with Crippen molar-refractivity contribution in [2.75, 3.05) is 18.4 Å². The van der Waals surface area contributed by atoms with Gasteiger partial charge < -0.3 is 14.6 Å². The molecule has 0 aliphatic carbocycles. The van der Waals surface area contributed by atoms with Crippen molar-refractivity contribution in [3.63, 3.8) is 0 Å². The quantitative estimate of drug-likeness (QED) is 0.625.